The zero-order chi connectivity index (χ0) is 13.9. The van der Waals surface area contributed by atoms with Crippen molar-refractivity contribution in [2.24, 2.45) is 0 Å². The summed E-state index contributed by atoms with van der Waals surface area (Å²) in [6.45, 7) is 4.03. The Morgan fingerprint density at radius 1 is 0.944 bits per heavy atom. The van der Waals surface area contributed by atoms with Crippen LogP contribution in [0, 0.1) is 13.8 Å². The van der Waals surface area contributed by atoms with Gasteiger partial charge in [-0.15, -0.1) is 0 Å². The van der Waals surface area contributed by atoms with Gasteiger partial charge in [0.05, 0.1) is 14.4 Å². The van der Waals surface area contributed by atoms with Crippen molar-refractivity contribution in [3.63, 3.8) is 0 Å². The van der Waals surface area contributed by atoms with E-state index in [0.29, 0.717) is 4.36 Å². The summed E-state index contributed by atoms with van der Waals surface area (Å²) in [5.41, 5.74) is 2.30. The number of halogens is 5. The highest BCUT2D eigenvalue weighted by Crippen LogP contribution is 2.40. The van der Waals surface area contributed by atoms with E-state index in [2.05, 4.69) is 6.07 Å². The van der Waals surface area contributed by atoms with Gasteiger partial charge < -0.3 is 0 Å². The molecule has 0 radical (unpaired) electrons. The normalized spacial score (nSPS) is 12.2. The first-order valence-corrected chi connectivity index (χ1v) is 7.55. The Bertz CT molecular complexity index is 515. The van der Waals surface area contributed by atoms with E-state index in [1.54, 1.807) is 0 Å². The molecule has 18 heavy (non-hydrogen) atoms. The van der Waals surface area contributed by atoms with Crippen LogP contribution in [-0.2, 0) is 0 Å². The third-order valence-corrected chi connectivity index (χ3v) is 5.18. The van der Waals surface area contributed by atoms with Crippen molar-refractivity contribution in [3.05, 3.63) is 48.2 Å². The monoisotopic (exact) mass is 360 g/mol. The van der Waals surface area contributed by atoms with Crippen LogP contribution in [0.3, 0.4) is 0 Å². The van der Waals surface area contributed by atoms with E-state index in [0.717, 1.165) is 10.5 Å². The van der Waals surface area contributed by atoms with Gasteiger partial charge in [0, 0.05) is 4.90 Å². The van der Waals surface area contributed by atoms with Crippen molar-refractivity contribution in [2.75, 3.05) is 0 Å². The molecule has 1 aromatic rings. The van der Waals surface area contributed by atoms with Crippen molar-refractivity contribution in [1.82, 2.24) is 0 Å². The summed E-state index contributed by atoms with van der Waals surface area (Å²) in [7, 11) is 0. The van der Waals surface area contributed by atoms with Gasteiger partial charge in [-0.3, -0.25) is 0 Å². The predicted molar refractivity (Wildman–Crippen MR) is 85.1 cm³/mol. The first-order chi connectivity index (χ1) is 8.32. The zero-order valence-corrected chi connectivity index (χ0v) is 14.1. The summed E-state index contributed by atoms with van der Waals surface area (Å²) in [6, 6.07) is 6.04. The van der Waals surface area contributed by atoms with Gasteiger partial charge in [-0.05, 0) is 25.5 Å². The molecule has 6 heteroatoms. The first-order valence-electron chi connectivity index (χ1n) is 4.84. The topological polar surface area (TPSA) is 0 Å². The van der Waals surface area contributed by atoms with Crippen LogP contribution in [0.2, 0.25) is 0 Å². The fourth-order valence-corrected chi connectivity index (χ4v) is 3.00. The van der Waals surface area contributed by atoms with Gasteiger partial charge in [-0.25, -0.2) is 0 Å². The Hall–Kier alpha value is 0.500. The minimum absolute atomic E-state index is 0.0438. The molecule has 1 aromatic carbocycles. The lowest BCUT2D eigenvalue weighted by molar-refractivity contribution is 1.27. The van der Waals surface area contributed by atoms with Gasteiger partial charge in [-0.2, -0.15) is 0 Å². The maximum Gasteiger partial charge on any atom is 0.127 e. The summed E-state index contributed by atoms with van der Waals surface area (Å²) >= 11 is 30.3. The van der Waals surface area contributed by atoms with Crippen LogP contribution in [0.25, 0.3) is 0 Å². The number of hydrogen-bond donors (Lipinski definition) is 0. The van der Waals surface area contributed by atoms with Crippen molar-refractivity contribution < 1.29 is 0 Å². The van der Waals surface area contributed by atoms with Gasteiger partial charge in [0.1, 0.15) is 4.49 Å². The van der Waals surface area contributed by atoms with Gasteiger partial charge >= 0.3 is 0 Å². The largest absolute Gasteiger partial charge is 0.127 e. The smallest absolute Gasteiger partial charge is 0.0804 e. The average molecular weight is 363 g/mol. The van der Waals surface area contributed by atoms with Crippen LogP contribution < -0.4 is 0 Å². The van der Waals surface area contributed by atoms with Crippen LogP contribution in [-0.4, -0.2) is 0 Å². The molecule has 0 nitrogen and oxygen atoms in total. The van der Waals surface area contributed by atoms with Gasteiger partial charge in [0.25, 0.3) is 0 Å². The van der Waals surface area contributed by atoms with E-state index in [1.165, 1.54) is 17.3 Å². The van der Waals surface area contributed by atoms with Crippen LogP contribution in [0.1, 0.15) is 11.1 Å². The lowest BCUT2D eigenvalue weighted by atomic mass is 10.2. The molecule has 0 aliphatic heterocycles. The summed E-state index contributed by atoms with van der Waals surface area (Å²) in [5.74, 6) is 0. The summed E-state index contributed by atoms with van der Waals surface area (Å²) in [5, 5.41) is 0.186. The quantitative estimate of drug-likeness (QED) is 0.415. The Morgan fingerprint density at radius 2 is 1.56 bits per heavy atom. The molecule has 0 atom stereocenters. The fraction of sp³-hybridized carbons (Fsp3) is 0.167. The molecule has 0 fully saturated rings. The molecule has 0 N–H and O–H groups in total. The lowest BCUT2D eigenvalue weighted by Gasteiger charge is -2.07. The molecule has 0 spiro atoms. The minimum atomic E-state index is -0.110. The molecular formula is C12H9Cl5S. The van der Waals surface area contributed by atoms with Crippen molar-refractivity contribution in [3.8, 4) is 0 Å². The number of allylic oxidation sites excluding steroid dienone is 2. The summed E-state index contributed by atoms with van der Waals surface area (Å²) in [6.07, 6.45) is 0. The molecular weight excluding hydrogens is 353 g/mol. The number of benzene rings is 1. The summed E-state index contributed by atoms with van der Waals surface area (Å²) < 4.78 is 0.216. The lowest BCUT2D eigenvalue weighted by Crippen LogP contribution is -1.83. The van der Waals surface area contributed by atoms with Crippen LogP contribution in [0.4, 0.5) is 0 Å². The van der Waals surface area contributed by atoms with Crippen molar-refractivity contribution in [2.45, 2.75) is 18.7 Å². The van der Waals surface area contributed by atoms with E-state index in [-0.39, 0.29) is 14.6 Å². The minimum Gasteiger partial charge on any atom is -0.0804 e. The molecule has 0 unspecified atom stereocenters. The molecule has 98 valence electrons. The number of thioether (sulfide) groups is 1. The van der Waals surface area contributed by atoms with Crippen LogP contribution in [0.15, 0.2) is 42.0 Å². The molecule has 0 aromatic heterocycles. The van der Waals surface area contributed by atoms with Crippen molar-refractivity contribution >= 4 is 69.8 Å². The second-order valence-electron chi connectivity index (χ2n) is 3.53. The SMILES string of the molecule is Cc1ccc(SC(Cl)=C(Cl)C(Cl)=C(Cl)Cl)c(C)c1. The van der Waals surface area contributed by atoms with Crippen LogP contribution in [0.5, 0.6) is 0 Å². The molecule has 0 aliphatic rings. The molecule has 1 rings (SSSR count). The molecule has 0 saturated heterocycles. The van der Waals surface area contributed by atoms with E-state index >= 15 is 0 Å². The van der Waals surface area contributed by atoms with Gasteiger partial charge in [0.2, 0.25) is 0 Å². The maximum atomic E-state index is 6.09. The van der Waals surface area contributed by atoms with E-state index in [4.69, 9.17) is 58.0 Å². The molecule has 0 saturated carbocycles. The van der Waals surface area contributed by atoms with E-state index in [1.807, 2.05) is 26.0 Å². The Balaban J connectivity index is 3.04. The van der Waals surface area contributed by atoms with E-state index in [9.17, 15) is 0 Å². The number of rotatable bonds is 3. The highest BCUT2D eigenvalue weighted by atomic mass is 35.5. The average Bonchev–Trinajstić information content (AvgIpc) is 2.30. The van der Waals surface area contributed by atoms with Gasteiger partial charge in [0.15, 0.2) is 0 Å². The van der Waals surface area contributed by atoms with Crippen molar-refractivity contribution in [1.29, 1.82) is 0 Å². The zero-order valence-electron chi connectivity index (χ0n) is 9.53. The predicted octanol–water partition coefficient (Wildman–Crippen LogP) is 6.93. The standard InChI is InChI=1S/C12H9Cl5S/c1-6-3-4-8(7(2)5-6)18-12(17)10(14)9(13)11(15)16/h3-5H,1-2H3. The van der Waals surface area contributed by atoms with E-state index < -0.39 is 0 Å². The third kappa shape index (κ3) is 4.56. The first kappa shape index (κ1) is 16.6. The Morgan fingerprint density at radius 3 is 2.06 bits per heavy atom. The highest BCUT2D eigenvalue weighted by molar-refractivity contribution is 8.04. The number of aryl methyl sites for hydroxylation is 2. The Kier molecular flexibility index (Phi) is 6.74. The maximum absolute atomic E-state index is 6.09. The molecule has 0 bridgehead atoms. The summed E-state index contributed by atoms with van der Waals surface area (Å²) in [4.78, 5) is 0.999. The van der Waals surface area contributed by atoms with Gasteiger partial charge in [-0.1, -0.05) is 87.5 Å². The third-order valence-electron chi connectivity index (χ3n) is 2.06. The van der Waals surface area contributed by atoms with Crippen LogP contribution >= 0.6 is 69.8 Å². The second-order valence-corrected chi connectivity index (χ2v) is 6.89. The molecule has 0 aliphatic carbocycles. The fourth-order valence-electron chi connectivity index (χ4n) is 1.22. The molecule has 0 heterocycles. The number of hydrogen-bond acceptors (Lipinski definition) is 1. The highest BCUT2D eigenvalue weighted by Gasteiger charge is 2.12. The second kappa shape index (κ2) is 7.33. The molecule has 0 amide bonds. The Labute approximate surface area is 136 Å².